The number of pyridine rings is 1. The Morgan fingerprint density at radius 3 is 2.70 bits per heavy atom. The Kier molecular flexibility index (Phi) is 5.80. The van der Waals surface area contributed by atoms with Gasteiger partial charge in [-0.15, -0.1) is 0 Å². The number of anilines is 2. The van der Waals surface area contributed by atoms with Crippen LogP contribution in [-0.2, 0) is 0 Å². The van der Waals surface area contributed by atoms with Crippen LogP contribution in [-0.4, -0.2) is 31.7 Å². The number of hydrogen-bond acceptors (Lipinski definition) is 5. The highest BCUT2D eigenvalue weighted by Gasteiger charge is 2.12. The van der Waals surface area contributed by atoms with Crippen molar-refractivity contribution < 1.29 is 14.3 Å². The number of amides is 1. The summed E-state index contributed by atoms with van der Waals surface area (Å²) in [6.45, 7) is 2.92. The minimum Gasteiger partial charge on any atom is -0.497 e. The first-order valence-corrected chi connectivity index (χ1v) is 7.41. The van der Waals surface area contributed by atoms with Gasteiger partial charge in [0.05, 0.1) is 19.9 Å². The Labute approximate surface area is 135 Å². The summed E-state index contributed by atoms with van der Waals surface area (Å²) in [5, 5.41) is 6.03. The van der Waals surface area contributed by atoms with Gasteiger partial charge in [0, 0.05) is 24.5 Å². The van der Waals surface area contributed by atoms with E-state index in [9.17, 15) is 4.79 Å². The van der Waals surface area contributed by atoms with Gasteiger partial charge in [0.2, 0.25) is 0 Å². The number of benzene rings is 1. The van der Waals surface area contributed by atoms with Crippen LogP contribution in [0.1, 0.15) is 23.8 Å². The van der Waals surface area contributed by atoms with Gasteiger partial charge in [-0.1, -0.05) is 6.92 Å². The summed E-state index contributed by atoms with van der Waals surface area (Å²) in [6, 6.07) is 8.76. The number of ether oxygens (including phenoxy) is 2. The lowest BCUT2D eigenvalue weighted by Gasteiger charge is -2.12. The standard InChI is InChI=1S/C17H21N3O3/c1-4-8-18-12-7-9-19-15(10-12)17(21)20-14-11-13(22-2)5-6-16(14)23-3/h5-7,9-11H,4,8H2,1-3H3,(H,18,19)(H,20,21). The quantitative estimate of drug-likeness (QED) is 0.821. The Bertz CT molecular complexity index is 674. The smallest absolute Gasteiger partial charge is 0.274 e. The van der Waals surface area contributed by atoms with Gasteiger partial charge < -0.3 is 20.1 Å². The molecule has 0 saturated heterocycles. The first kappa shape index (κ1) is 16.6. The summed E-state index contributed by atoms with van der Waals surface area (Å²) >= 11 is 0. The molecule has 122 valence electrons. The molecular weight excluding hydrogens is 294 g/mol. The second kappa shape index (κ2) is 8.03. The molecule has 0 aliphatic rings. The molecule has 1 aromatic heterocycles. The molecule has 2 N–H and O–H groups in total. The van der Waals surface area contributed by atoms with Gasteiger partial charge >= 0.3 is 0 Å². The van der Waals surface area contributed by atoms with E-state index in [0.717, 1.165) is 18.7 Å². The summed E-state index contributed by atoms with van der Waals surface area (Å²) in [6.07, 6.45) is 2.61. The molecule has 0 saturated carbocycles. The first-order chi connectivity index (χ1) is 11.2. The van der Waals surface area contributed by atoms with Crippen molar-refractivity contribution in [3.63, 3.8) is 0 Å². The van der Waals surface area contributed by atoms with Gasteiger partial charge in [0.25, 0.3) is 5.91 Å². The first-order valence-electron chi connectivity index (χ1n) is 7.41. The third-order valence-corrected chi connectivity index (χ3v) is 3.23. The van der Waals surface area contributed by atoms with Crippen molar-refractivity contribution >= 4 is 17.3 Å². The second-order valence-corrected chi connectivity index (χ2v) is 4.88. The Hall–Kier alpha value is -2.76. The SMILES string of the molecule is CCCNc1ccnc(C(=O)Nc2cc(OC)ccc2OC)c1. The van der Waals surface area contributed by atoms with Crippen LogP contribution in [0, 0.1) is 0 Å². The van der Waals surface area contributed by atoms with Gasteiger partial charge in [0.1, 0.15) is 17.2 Å². The molecule has 0 fully saturated rings. The Balaban J connectivity index is 2.18. The fourth-order valence-corrected chi connectivity index (χ4v) is 2.03. The second-order valence-electron chi connectivity index (χ2n) is 4.88. The molecule has 1 heterocycles. The van der Waals surface area contributed by atoms with Gasteiger partial charge in [-0.25, -0.2) is 0 Å². The van der Waals surface area contributed by atoms with Crippen LogP contribution < -0.4 is 20.1 Å². The number of carbonyl (C=O) groups is 1. The van der Waals surface area contributed by atoms with Gasteiger partial charge in [-0.3, -0.25) is 9.78 Å². The number of aromatic nitrogens is 1. The molecule has 0 radical (unpaired) electrons. The minimum absolute atomic E-state index is 0.309. The third kappa shape index (κ3) is 4.35. The summed E-state index contributed by atoms with van der Waals surface area (Å²) in [5.41, 5.74) is 1.73. The summed E-state index contributed by atoms with van der Waals surface area (Å²) < 4.78 is 10.4. The van der Waals surface area contributed by atoms with E-state index in [4.69, 9.17) is 9.47 Å². The van der Waals surface area contributed by atoms with Crippen molar-refractivity contribution in [1.29, 1.82) is 0 Å². The summed E-state index contributed by atoms with van der Waals surface area (Å²) in [5.74, 6) is 0.878. The van der Waals surface area contributed by atoms with E-state index < -0.39 is 0 Å². The lowest BCUT2D eigenvalue weighted by Crippen LogP contribution is -2.15. The van der Waals surface area contributed by atoms with Crippen LogP contribution in [0.2, 0.25) is 0 Å². The topological polar surface area (TPSA) is 72.5 Å². The molecule has 6 nitrogen and oxygen atoms in total. The molecule has 0 aliphatic carbocycles. The lowest BCUT2D eigenvalue weighted by molar-refractivity contribution is 0.102. The number of nitrogens with zero attached hydrogens (tertiary/aromatic N) is 1. The lowest BCUT2D eigenvalue weighted by atomic mass is 10.2. The molecule has 1 amide bonds. The molecule has 0 spiro atoms. The van der Waals surface area contributed by atoms with Crippen molar-refractivity contribution in [3.8, 4) is 11.5 Å². The van der Waals surface area contributed by atoms with E-state index in [1.54, 1.807) is 44.7 Å². The van der Waals surface area contributed by atoms with Crippen LogP contribution in [0.4, 0.5) is 11.4 Å². The largest absolute Gasteiger partial charge is 0.497 e. The molecule has 0 unspecified atom stereocenters. The van der Waals surface area contributed by atoms with Crippen LogP contribution >= 0.6 is 0 Å². The number of nitrogens with one attached hydrogen (secondary N) is 2. The van der Waals surface area contributed by atoms with Crippen molar-refractivity contribution in [3.05, 3.63) is 42.2 Å². The molecule has 23 heavy (non-hydrogen) atoms. The summed E-state index contributed by atoms with van der Waals surface area (Å²) in [4.78, 5) is 16.5. The Morgan fingerprint density at radius 2 is 2.00 bits per heavy atom. The normalized spacial score (nSPS) is 10.0. The number of methoxy groups -OCH3 is 2. The molecule has 1 aromatic carbocycles. The maximum Gasteiger partial charge on any atom is 0.274 e. The molecule has 0 atom stereocenters. The van der Waals surface area contributed by atoms with Gasteiger partial charge in [-0.2, -0.15) is 0 Å². The molecule has 0 bridgehead atoms. The van der Waals surface area contributed by atoms with Crippen molar-refractivity contribution in [2.75, 3.05) is 31.4 Å². The molecule has 6 heteroatoms. The van der Waals surface area contributed by atoms with E-state index in [-0.39, 0.29) is 5.91 Å². The van der Waals surface area contributed by atoms with E-state index in [1.165, 1.54) is 0 Å². The molecule has 2 aromatic rings. The summed E-state index contributed by atoms with van der Waals surface area (Å²) in [7, 11) is 3.11. The predicted molar refractivity (Wildman–Crippen MR) is 90.5 cm³/mol. The van der Waals surface area contributed by atoms with Crippen molar-refractivity contribution in [2.24, 2.45) is 0 Å². The minimum atomic E-state index is -0.309. The monoisotopic (exact) mass is 315 g/mol. The number of carbonyl (C=O) groups excluding carboxylic acids is 1. The van der Waals surface area contributed by atoms with E-state index in [0.29, 0.717) is 22.9 Å². The fourth-order valence-electron chi connectivity index (χ4n) is 2.03. The zero-order valence-corrected chi connectivity index (χ0v) is 13.6. The van der Waals surface area contributed by atoms with Gasteiger partial charge in [0.15, 0.2) is 0 Å². The van der Waals surface area contributed by atoms with Crippen LogP contribution in [0.3, 0.4) is 0 Å². The average Bonchev–Trinajstić information content (AvgIpc) is 2.60. The predicted octanol–water partition coefficient (Wildman–Crippen LogP) is 3.17. The van der Waals surface area contributed by atoms with Crippen molar-refractivity contribution in [2.45, 2.75) is 13.3 Å². The molecular formula is C17H21N3O3. The van der Waals surface area contributed by atoms with E-state index in [1.807, 2.05) is 6.07 Å². The highest BCUT2D eigenvalue weighted by Crippen LogP contribution is 2.29. The van der Waals surface area contributed by atoms with Crippen LogP contribution in [0.5, 0.6) is 11.5 Å². The Morgan fingerprint density at radius 1 is 1.17 bits per heavy atom. The maximum atomic E-state index is 12.4. The molecule has 0 aliphatic heterocycles. The highest BCUT2D eigenvalue weighted by molar-refractivity contribution is 6.04. The highest BCUT2D eigenvalue weighted by atomic mass is 16.5. The third-order valence-electron chi connectivity index (χ3n) is 3.23. The number of rotatable bonds is 7. The van der Waals surface area contributed by atoms with Crippen molar-refractivity contribution in [1.82, 2.24) is 4.98 Å². The maximum absolute atomic E-state index is 12.4. The van der Waals surface area contributed by atoms with Gasteiger partial charge in [-0.05, 0) is 30.7 Å². The zero-order valence-electron chi connectivity index (χ0n) is 13.6. The molecule has 2 rings (SSSR count). The fraction of sp³-hybridized carbons (Fsp3) is 0.294. The number of hydrogen-bond donors (Lipinski definition) is 2. The zero-order chi connectivity index (χ0) is 16.7. The van der Waals surface area contributed by atoms with E-state index in [2.05, 4.69) is 22.5 Å². The van der Waals surface area contributed by atoms with Crippen LogP contribution in [0.15, 0.2) is 36.5 Å². The van der Waals surface area contributed by atoms with E-state index >= 15 is 0 Å². The van der Waals surface area contributed by atoms with Crippen LogP contribution in [0.25, 0.3) is 0 Å². The average molecular weight is 315 g/mol.